The second kappa shape index (κ2) is 10.8. The fourth-order valence-corrected chi connectivity index (χ4v) is 2.13. The van der Waals surface area contributed by atoms with Crippen molar-refractivity contribution in [1.82, 2.24) is 0 Å². The fraction of sp³-hybridized carbons (Fsp3) is 0.722. The Labute approximate surface area is 125 Å². The van der Waals surface area contributed by atoms with Gasteiger partial charge < -0.3 is 5.11 Å². The molecule has 0 aliphatic heterocycles. The molecule has 1 unspecified atom stereocenters. The summed E-state index contributed by atoms with van der Waals surface area (Å²) in [6, 6.07) is 0. The standard InChI is InChI=1S/C18H32O2/c1-14(2)12-18(20)13-16(4)10-6-8-15(3)9-7-11-17(5)19/h9-10,14,17,19H,6-8,11-13H2,1-5H3. The Bertz CT molecular complexity index is 335. The van der Waals surface area contributed by atoms with E-state index in [0.29, 0.717) is 24.5 Å². The first kappa shape index (κ1) is 19.1. The van der Waals surface area contributed by atoms with Crippen molar-refractivity contribution < 1.29 is 9.90 Å². The molecular formula is C18H32O2. The number of carbonyl (C=O) groups is 1. The van der Waals surface area contributed by atoms with Crippen LogP contribution in [0.2, 0.25) is 0 Å². The van der Waals surface area contributed by atoms with Gasteiger partial charge in [-0.05, 0) is 52.4 Å². The molecule has 0 saturated carbocycles. The van der Waals surface area contributed by atoms with Crippen LogP contribution in [0.15, 0.2) is 23.3 Å². The van der Waals surface area contributed by atoms with Crippen molar-refractivity contribution in [2.75, 3.05) is 0 Å². The number of rotatable bonds is 10. The van der Waals surface area contributed by atoms with Gasteiger partial charge in [-0.25, -0.2) is 0 Å². The van der Waals surface area contributed by atoms with E-state index in [1.165, 1.54) is 11.1 Å². The highest BCUT2D eigenvalue weighted by molar-refractivity contribution is 5.80. The van der Waals surface area contributed by atoms with E-state index < -0.39 is 0 Å². The molecule has 0 fully saturated rings. The molecule has 2 nitrogen and oxygen atoms in total. The maximum Gasteiger partial charge on any atom is 0.137 e. The van der Waals surface area contributed by atoms with Crippen LogP contribution in [0.4, 0.5) is 0 Å². The molecule has 0 radical (unpaired) electrons. The average molecular weight is 280 g/mol. The summed E-state index contributed by atoms with van der Waals surface area (Å²) in [4.78, 5) is 11.7. The number of allylic oxidation sites excluding steroid dienone is 4. The van der Waals surface area contributed by atoms with Gasteiger partial charge in [0.25, 0.3) is 0 Å². The van der Waals surface area contributed by atoms with Crippen LogP contribution >= 0.6 is 0 Å². The highest BCUT2D eigenvalue weighted by Crippen LogP contribution is 2.12. The van der Waals surface area contributed by atoms with E-state index in [9.17, 15) is 9.90 Å². The lowest BCUT2D eigenvalue weighted by atomic mass is 10.0. The maximum atomic E-state index is 11.7. The highest BCUT2D eigenvalue weighted by Gasteiger charge is 2.05. The second-order valence-corrected chi connectivity index (χ2v) is 6.38. The van der Waals surface area contributed by atoms with Crippen LogP contribution in [0.3, 0.4) is 0 Å². The van der Waals surface area contributed by atoms with Gasteiger partial charge >= 0.3 is 0 Å². The summed E-state index contributed by atoms with van der Waals surface area (Å²) in [5, 5.41) is 9.19. The molecule has 0 aromatic carbocycles. The van der Waals surface area contributed by atoms with E-state index in [0.717, 1.165) is 25.7 Å². The monoisotopic (exact) mass is 280 g/mol. The summed E-state index contributed by atoms with van der Waals surface area (Å²) in [6.45, 7) is 10.2. The normalized spacial score (nSPS) is 14.8. The largest absolute Gasteiger partial charge is 0.393 e. The number of carbonyl (C=O) groups excluding carboxylic acids is 1. The minimum Gasteiger partial charge on any atom is -0.393 e. The molecule has 0 rings (SSSR count). The minimum absolute atomic E-state index is 0.215. The summed E-state index contributed by atoms with van der Waals surface area (Å²) in [5.74, 6) is 0.798. The van der Waals surface area contributed by atoms with E-state index in [-0.39, 0.29) is 6.10 Å². The first-order valence-corrected chi connectivity index (χ1v) is 7.82. The Hall–Kier alpha value is -0.890. The summed E-state index contributed by atoms with van der Waals surface area (Å²) in [6.07, 6.45) is 9.27. The third kappa shape index (κ3) is 12.2. The smallest absolute Gasteiger partial charge is 0.137 e. The molecule has 0 saturated heterocycles. The molecule has 0 aliphatic rings. The van der Waals surface area contributed by atoms with Crippen molar-refractivity contribution in [3.05, 3.63) is 23.3 Å². The van der Waals surface area contributed by atoms with Crippen LogP contribution in [0.25, 0.3) is 0 Å². The molecule has 1 atom stereocenters. The SMILES string of the molecule is CC(=CCCC(C)O)CCC=C(C)CC(=O)CC(C)C. The van der Waals surface area contributed by atoms with Gasteiger partial charge in [-0.2, -0.15) is 0 Å². The molecule has 1 N–H and O–H groups in total. The van der Waals surface area contributed by atoms with Gasteiger partial charge in [0, 0.05) is 12.8 Å². The number of hydrogen-bond acceptors (Lipinski definition) is 2. The van der Waals surface area contributed by atoms with Crippen LogP contribution in [-0.2, 0) is 4.79 Å². The summed E-state index contributed by atoms with van der Waals surface area (Å²) >= 11 is 0. The van der Waals surface area contributed by atoms with Crippen molar-refractivity contribution in [2.45, 2.75) is 79.2 Å². The van der Waals surface area contributed by atoms with Crippen LogP contribution in [0.1, 0.15) is 73.1 Å². The molecule has 0 spiro atoms. The van der Waals surface area contributed by atoms with Crippen molar-refractivity contribution in [2.24, 2.45) is 5.92 Å². The van der Waals surface area contributed by atoms with Crippen molar-refractivity contribution in [3.63, 3.8) is 0 Å². The predicted octanol–water partition coefficient (Wildman–Crippen LogP) is 4.83. The lowest BCUT2D eigenvalue weighted by Gasteiger charge is -2.05. The van der Waals surface area contributed by atoms with Crippen molar-refractivity contribution in [1.29, 1.82) is 0 Å². The molecule has 0 bridgehead atoms. The van der Waals surface area contributed by atoms with Gasteiger partial charge in [-0.1, -0.05) is 37.1 Å². The third-order valence-electron chi connectivity index (χ3n) is 3.22. The lowest BCUT2D eigenvalue weighted by molar-refractivity contribution is -0.119. The summed E-state index contributed by atoms with van der Waals surface area (Å²) in [5.41, 5.74) is 2.55. The quantitative estimate of drug-likeness (QED) is 0.582. The zero-order chi connectivity index (χ0) is 15.5. The van der Waals surface area contributed by atoms with Crippen LogP contribution in [-0.4, -0.2) is 17.0 Å². The van der Waals surface area contributed by atoms with E-state index in [1.54, 1.807) is 0 Å². The van der Waals surface area contributed by atoms with Gasteiger partial charge in [0.1, 0.15) is 5.78 Å². The fourth-order valence-electron chi connectivity index (χ4n) is 2.13. The summed E-state index contributed by atoms with van der Waals surface area (Å²) in [7, 11) is 0. The van der Waals surface area contributed by atoms with Gasteiger partial charge in [0.2, 0.25) is 0 Å². The molecule has 0 aromatic heterocycles. The van der Waals surface area contributed by atoms with Crippen molar-refractivity contribution in [3.8, 4) is 0 Å². The number of hydrogen-bond donors (Lipinski definition) is 1. The first-order valence-electron chi connectivity index (χ1n) is 7.82. The van der Waals surface area contributed by atoms with E-state index in [2.05, 4.69) is 32.9 Å². The topological polar surface area (TPSA) is 37.3 Å². The number of aliphatic hydroxyl groups excluding tert-OH is 1. The third-order valence-corrected chi connectivity index (χ3v) is 3.22. The van der Waals surface area contributed by atoms with Crippen LogP contribution in [0, 0.1) is 5.92 Å². The van der Waals surface area contributed by atoms with Gasteiger partial charge in [-0.15, -0.1) is 0 Å². The highest BCUT2D eigenvalue weighted by atomic mass is 16.3. The Kier molecular flexibility index (Phi) is 10.4. The molecule has 0 amide bonds. The maximum absolute atomic E-state index is 11.7. The lowest BCUT2D eigenvalue weighted by Crippen LogP contribution is -2.02. The molecule has 20 heavy (non-hydrogen) atoms. The van der Waals surface area contributed by atoms with Gasteiger partial charge in [0.05, 0.1) is 6.10 Å². The predicted molar refractivity (Wildman–Crippen MR) is 86.7 cm³/mol. The molecule has 0 aromatic rings. The zero-order valence-corrected chi connectivity index (χ0v) is 13.9. The number of Topliss-reactive ketones (excluding diaryl/α,β-unsaturated/α-hetero) is 1. The van der Waals surface area contributed by atoms with Gasteiger partial charge in [0.15, 0.2) is 0 Å². The Balaban J connectivity index is 3.95. The number of aliphatic hydroxyl groups is 1. The molecular weight excluding hydrogens is 248 g/mol. The van der Waals surface area contributed by atoms with Crippen LogP contribution < -0.4 is 0 Å². The second-order valence-electron chi connectivity index (χ2n) is 6.38. The molecule has 2 heteroatoms. The zero-order valence-electron chi connectivity index (χ0n) is 13.9. The Morgan fingerprint density at radius 3 is 2.20 bits per heavy atom. The Morgan fingerprint density at radius 2 is 1.65 bits per heavy atom. The molecule has 0 heterocycles. The minimum atomic E-state index is -0.215. The summed E-state index contributed by atoms with van der Waals surface area (Å²) < 4.78 is 0. The first-order chi connectivity index (χ1) is 9.31. The van der Waals surface area contributed by atoms with E-state index in [4.69, 9.17) is 0 Å². The van der Waals surface area contributed by atoms with Gasteiger partial charge in [-0.3, -0.25) is 4.79 Å². The molecule has 0 aliphatic carbocycles. The van der Waals surface area contributed by atoms with Crippen molar-refractivity contribution >= 4 is 5.78 Å². The Morgan fingerprint density at radius 1 is 1.05 bits per heavy atom. The van der Waals surface area contributed by atoms with Crippen LogP contribution in [0.5, 0.6) is 0 Å². The van der Waals surface area contributed by atoms with E-state index in [1.807, 2.05) is 13.8 Å². The van der Waals surface area contributed by atoms with E-state index >= 15 is 0 Å². The molecule has 116 valence electrons. The number of ketones is 1. The average Bonchev–Trinajstić information content (AvgIpc) is 2.26.